The van der Waals surface area contributed by atoms with Gasteiger partial charge in [-0.15, -0.1) is 0 Å². The van der Waals surface area contributed by atoms with Gasteiger partial charge in [0.05, 0.1) is 4.47 Å². The van der Waals surface area contributed by atoms with Gasteiger partial charge in [-0.2, -0.15) is 0 Å². The van der Waals surface area contributed by atoms with Gasteiger partial charge >= 0.3 is 0 Å². The largest absolute Gasteiger partial charge is 0.488 e. The summed E-state index contributed by atoms with van der Waals surface area (Å²) in [6, 6.07) is 5.97. The Hall–Kier alpha value is -0.510. The highest BCUT2D eigenvalue weighted by atomic mass is 79.9. The van der Waals surface area contributed by atoms with Crippen LogP contribution in [0, 0.1) is 0 Å². The van der Waals surface area contributed by atoms with E-state index < -0.39 is 0 Å². The molecule has 0 atom stereocenters. The van der Waals surface area contributed by atoms with Gasteiger partial charge in [-0.25, -0.2) is 0 Å². The summed E-state index contributed by atoms with van der Waals surface area (Å²) in [6.07, 6.45) is 1.75. The van der Waals surface area contributed by atoms with Crippen LogP contribution < -0.4 is 10.1 Å². The summed E-state index contributed by atoms with van der Waals surface area (Å²) in [4.78, 5) is 0. The predicted octanol–water partition coefficient (Wildman–Crippen LogP) is 3.30. The highest BCUT2D eigenvalue weighted by molar-refractivity contribution is 9.10. The van der Waals surface area contributed by atoms with E-state index in [-0.39, 0.29) is 0 Å². The summed E-state index contributed by atoms with van der Waals surface area (Å²) in [7, 11) is 1.91. The van der Waals surface area contributed by atoms with Crippen LogP contribution in [-0.2, 0) is 6.54 Å². The van der Waals surface area contributed by atoms with Crippen LogP contribution in [0.5, 0.6) is 5.75 Å². The summed E-state index contributed by atoms with van der Waals surface area (Å²) in [5.74, 6) is 0.863. The number of rotatable bonds is 5. The standard InChI is InChI=1S/C11H13BrClNO/c1-14-8-9-4-2-5-10(12)11(9)15-7-3-6-13/h2-6,14H,7-8H2,1H3. The van der Waals surface area contributed by atoms with Gasteiger partial charge in [-0.05, 0) is 35.1 Å². The third-order valence-corrected chi connectivity index (χ3v) is 2.63. The molecule has 0 radical (unpaired) electrons. The Morgan fingerprint density at radius 2 is 2.33 bits per heavy atom. The van der Waals surface area contributed by atoms with E-state index >= 15 is 0 Å². The van der Waals surface area contributed by atoms with Gasteiger partial charge in [-0.1, -0.05) is 23.7 Å². The fourth-order valence-corrected chi connectivity index (χ4v) is 1.81. The summed E-state index contributed by atoms with van der Waals surface area (Å²) in [6.45, 7) is 1.25. The highest BCUT2D eigenvalue weighted by Crippen LogP contribution is 2.28. The van der Waals surface area contributed by atoms with Crippen molar-refractivity contribution in [3.8, 4) is 5.75 Å². The van der Waals surface area contributed by atoms with Crippen LogP contribution in [-0.4, -0.2) is 13.7 Å². The molecular formula is C11H13BrClNO. The Bertz CT molecular complexity index is 341. The number of halogens is 2. The molecule has 0 bridgehead atoms. The van der Waals surface area contributed by atoms with Crippen molar-refractivity contribution in [1.29, 1.82) is 0 Å². The highest BCUT2D eigenvalue weighted by Gasteiger charge is 2.06. The van der Waals surface area contributed by atoms with Crippen molar-refractivity contribution in [2.75, 3.05) is 13.7 Å². The van der Waals surface area contributed by atoms with Crippen molar-refractivity contribution in [3.05, 3.63) is 39.8 Å². The maximum Gasteiger partial charge on any atom is 0.138 e. The topological polar surface area (TPSA) is 21.3 Å². The zero-order valence-electron chi connectivity index (χ0n) is 8.47. The molecule has 0 amide bonds. The van der Waals surface area contributed by atoms with Crippen molar-refractivity contribution in [2.24, 2.45) is 0 Å². The second-order valence-electron chi connectivity index (χ2n) is 2.93. The number of benzene rings is 1. The molecule has 0 saturated carbocycles. The third-order valence-electron chi connectivity index (χ3n) is 1.83. The molecule has 2 nitrogen and oxygen atoms in total. The van der Waals surface area contributed by atoms with Gasteiger partial charge in [0.1, 0.15) is 12.4 Å². The van der Waals surface area contributed by atoms with E-state index in [1.54, 1.807) is 6.08 Å². The first-order valence-corrected chi connectivity index (χ1v) is 5.82. The lowest BCUT2D eigenvalue weighted by Gasteiger charge is -2.11. The molecule has 82 valence electrons. The van der Waals surface area contributed by atoms with Crippen molar-refractivity contribution in [3.63, 3.8) is 0 Å². The molecule has 0 heterocycles. The molecule has 15 heavy (non-hydrogen) atoms. The first kappa shape index (κ1) is 12.6. The Morgan fingerprint density at radius 3 is 3.00 bits per heavy atom. The Kier molecular flexibility index (Phi) is 5.76. The van der Waals surface area contributed by atoms with Gasteiger partial charge in [0.25, 0.3) is 0 Å². The van der Waals surface area contributed by atoms with Crippen molar-refractivity contribution in [1.82, 2.24) is 5.32 Å². The number of ether oxygens (including phenoxy) is 1. The van der Waals surface area contributed by atoms with Crippen LogP contribution in [0.2, 0.25) is 0 Å². The fraction of sp³-hybridized carbons (Fsp3) is 0.273. The van der Waals surface area contributed by atoms with Gasteiger partial charge in [-0.3, -0.25) is 0 Å². The molecule has 0 aliphatic carbocycles. The summed E-state index contributed by atoms with van der Waals surface area (Å²) < 4.78 is 6.56. The van der Waals surface area contributed by atoms with E-state index in [0.717, 1.165) is 22.3 Å². The van der Waals surface area contributed by atoms with E-state index in [1.165, 1.54) is 5.54 Å². The van der Waals surface area contributed by atoms with Crippen LogP contribution in [0.1, 0.15) is 5.56 Å². The molecule has 1 rings (SSSR count). The number of hydrogen-bond donors (Lipinski definition) is 1. The number of para-hydroxylation sites is 1. The van der Waals surface area contributed by atoms with Crippen LogP contribution in [0.15, 0.2) is 34.3 Å². The average Bonchev–Trinajstić information content (AvgIpc) is 2.23. The van der Waals surface area contributed by atoms with Crippen LogP contribution in [0.25, 0.3) is 0 Å². The number of hydrogen-bond acceptors (Lipinski definition) is 2. The Labute approximate surface area is 103 Å². The molecule has 1 aromatic rings. The quantitative estimate of drug-likeness (QED) is 0.898. The first-order chi connectivity index (χ1) is 7.29. The molecule has 0 saturated heterocycles. The zero-order chi connectivity index (χ0) is 11.1. The molecule has 0 spiro atoms. The van der Waals surface area contributed by atoms with E-state index in [2.05, 4.69) is 21.2 Å². The third kappa shape index (κ3) is 3.86. The molecule has 0 unspecified atom stereocenters. The summed E-state index contributed by atoms with van der Waals surface area (Å²) in [5.41, 5.74) is 2.57. The smallest absolute Gasteiger partial charge is 0.138 e. The van der Waals surface area contributed by atoms with Crippen molar-refractivity contribution < 1.29 is 4.74 Å². The predicted molar refractivity (Wildman–Crippen MR) is 67.4 cm³/mol. The molecule has 1 N–H and O–H groups in total. The molecule has 0 aliphatic heterocycles. The molecule has 1 aromatic carbocycles. The lowest BCUT2D eigenvalue weighted by molar-refractivity contribution is 0.356. The minimum absolute atomic E-state index is 0.475. The van der Waals surface area contributed by atoms with Crippen LogP contribution >= 0.6 is 27.5 Å². The average molecular weight is 291 g/mol. The minimum Gasteiger partial charge on any atom is -0.488 e. The normalized spacial score (nSPS) is 10.9. The summed E-state index contributed by atoms with van der Waals surface area (Å²) >= 11 is 8.88. The first-order valence-electron chi connectivity index (χ1n) is 4.59. The van der Waals surface area contributed by atoms with Crippen LogP contribution in [0.3, 0.4) is 0 Å². The van der Waals surface area contributed by atoms with E-state index in [0.29, 0.717) is 6.61 Å². The molecule has 0 aliphatic rings. The minimum atomic E-state index is 0.475. The Balaban J connectivity index is 2.81. The van der Waals surface area contributed by atoms with E-state index in [9.17, 15) is 0 Å². The zero-order valence-corrected chi connectivity index (χ0v) is 10.8. The maximum absolute atomic E-state index is 5.60. The van der Waals surface area contributed by atoms with Gasteiger partial charge in [0.2, 0.25) is 0 Å². The second kappa shape index (κ2) is 6.88. The van der Waals surface area contributed by atoms with E-state index in [4.69, 9.17) is 16.3 Å². The van der Waals surface area contributed by atoms with Gasteiger partial charge < -0.3 is 10.1 Å². The lowest BCUT2D eigenvalue weighted by atomic mass is 10.2. The van der Waals surface area contributed by atoms with Gasteiger partial charge in [0.15, 0.2) is 0 Å². The molecule has 0 fully saturated rings. The maximum atomic E-state index is 5.60. The Morgan fingerprint density at radius 1 is 1.53 bits per heavy atom. The molecule has 0 aromatic heterocycles. The SMILES string of the molecule is CNCc1cccc(Br)c1OCC=CCl. The number of nitrogens with one attached hydrogen (secondary N) is 1. The molecular weight excluding hydrogens is 277 g/mol. The fourth-order valence-electron chi connectivity index (χ4n) is 1.21. The van der Waals surface area contributed by atoms with Gasteiger partial charge in [0, 0.05) is 17.6 Å². The van der Waals surface area contributed by atoms with Crippen molar-refractivity contribution in [2.45, 2.75) is 6.54 Å². The monoisotopic (exact) mass is 289 g/mol. The summed E-state index contributed by atoms with van der Waals surface area (Å²) in [5, 5.41) is 3.10. The van der Waals surface area contributed by atoms with Crippen molar-refractivity contribution >= 4 is 27.5 Å². The lowest BCUT2D eigenvalue weighted by Crippen LogP contribution is -2.07. The molecule has 4 heteroatoms. The van der Waals surface area contributed by atoms with E-state index in [1.807, 2.05) is 25.2 Å². The second-order valence-corrected chi connectivity index (χ2v) is 4.04. The van der Waals surface area contributed by atoms with Crippen LogP contribution in [0.4, 0.5) is 0 Å².